The second-order valence-corrected chi connectivity index (χ2v) is 9.79. The molecule has 9 heteroatoms. The molecule has 25 heavy (non-hydrogen) atoms. The van der Waals surface area contributed by atoms with Crippen LogP contribution in [0.3, 0.4) is 0 Å². The summed E-state index contributed by atoms with van der Waals surface area (Å²) in [4.78, 5) is -0.0349. The third kappa shape index (κ3) is 4.49. The minimum Gasteiger partial charge on any atom is -0.381 e. The lowest BCUT2D eigenvalue weighted by molar-refractivity contribution is 0.598. The van der Waals surface area contributed by atoms with Crippen molar-refractivity contribution in [3.05, 3.63) is 54.3 Å². The van der Waals surface area contributed by atoms with Crippen LogP contribution in [0.15, 0.2) is 53.4 Å². The first kappa shape index (κ1) is 17.7. The van der Waals surface area contributed by atoms with Crippen molar-refractivity contribution in [2.45, 2.75) is 17.4 Å². The molecule has 2 aromatic rings. The third-order valence-electron chi connectivity index (χ3n) is 3.86. The van der Waals surface area contributed by atoms with E-state index in [-0.39, 0.29) is 22.4 Å². The van der Waals surface area contributed by atoms with Crippen LogP contribution in [0.1, 0.15) is 6.42 Å². The summed E-state index contributed by atoms with van der Waals surface area (Å²) in [5, 5.41) is 3.13. The number of benzene rings is 2. The van der Waals surface area contributed by atoms with E-state index in [9.17, 15) is 21.2 Å². The van der Waals surface area contributed by atoms with Crippen LogP contribution in [0.5, 0.6) is 0 Å². The molecule has 1 aliphatic rings. The lowest BCUT2D eigenvalue weighted by Gasteiger charge is -2.13. The Morgan fingerprint density at radius 2 is 1.56 bits per heavy atom. The quantitative estimate of drug-likeness (QED) is 0.825. The van der Waals surface area contributed by atoms with E-state index in [1.807, 2.05) is 0 Å². The van der Waals surface area contributed by atoms with Gasteiger partial charge in [0.15, 0.2) is 9.84 Å². The maximum absolute atomic E-state index is 12.9. The van der Waals surface area contributed by atoms with Crippen LogP contribution in [-0.2, 0) is 19.9 Å². The highest BCUT2D eigenvalue weighted by Crippen LogP contribution is 2.21. The van der Waals surface area contributed by atoms with E-state index < -0.39 is 25.7 Å². The van der Waals surface area contributed by atoms with Crippen LogP contribution in [0, 0.1) is 5.82 Å². The molecule has 0 amide bonds. The minimum atomic E-state index is -3.80. The number of sulfone groups is 1. The van der Waals surface area contributed by atoms with Gasteiger partial charge in [-0.25, -0.2) is 21.2 Å². The van der Waals surface area contributed by atoms with Crippen molar-refractivity contribution in [3.63, 3.8) is 0 Å². The molecule has 1 unspecified atom stereocenters. The predicted octanol–water partition coefficient (Wildman–Crippen LogP) is 2.23. The van der Waals surface area contributed by atoms with Gasteiger partial charge in [0.1, 0.15) is 5.82 Å². The molecule has 1 saturated heterocycles. The Labute approximate surface area is 146 Å². The van der Waals surface area contributed by atoms with Crippen molar-refractivity contribution >= 4 is 31.2 Å². The molecule has 134 valence electrons. The maximum atomic E-state index is 12.9. The first-order valence-electron chi connectivity index (χ1n) is 7.59. The highest BCUT2D eigenvalue weighted by atomic mass is 32.2. The van der Waals surface area contributed by atoms with Crippen molar-refractivity contribution < 1.29 is 21.2 Å². The monoisotopic (exact) mass is 384 g/mol. The number of hydrogen-bond donors (Lipinski definition) is 2. The fourth-order valence-electron chi connectivity index (χ4n) is 2.61. The summed E-state index contributed by atoms with van der Waals surface area (Å²) in [7, 11) is -6.76. The minimum absolute atomic E-state index is 0.0349. The van der Waals surface area contributed by atoms with Gasteiger partial charge in [-0.15, -0.1) is 0 Å². The number of rotatable bonds is 5. The number of anilines is 2. The lowest BCUT2D eigenvalue weighted by atomic mass is 10.2. The van der Waals surface area contributed by atoms with Gasteiger partial charge in [-0.2, -0.15) is 0 Å². The molecule has 1 atom stereocenters. The van der Waals surface area contributed by atoms with E-state index >= 15 is 0 Å². The topological polar surface area (TPSA) is 92.3 Å². The average molecular weight is 384 g/mol. The molecule has 2 aromatic carbocycles. The molecule has 0 spiro atoms. The van der Waals surface area contributed by atoms with Gasteiger partial charge in [0, 0.05) is 17.4 Å². The molecule has 2 N–H and O–H groups in total. The lowest BCUT2D eigenvalue weighted by Crippen LogP contribution is -2.20. The molecular weight excluding hydrogens is 367 g/mol. The van der Waals surface area contributed by atoms with E-state index in [4.69, 9.17) is 0 Å². The molecule has 6 nitrogen and oxygen atoms in total. The maximum Gasteiger partial charge on any atom is 0.261 e. The van der Waals surface area contributed by atoms with Gasteiger partial charge in [0.2, 0.25) is 0 Å². The van der Waals surface area contributed by atoms with E-state index in [1.54, 1.807) is 24.3 Å². The van der Waals surface area contributed by atoms with Crippen molar-refractivity contribution in [3.8, 4) is 0 Å². The van der Waals surface area contributed by atoms with Crippen molar-refractivity contribution in [1.29, 1.82) is 0 Å². The van der Waals surface area contributed by atoms with E-state index in [1.165, 1.54) is 12.1 Å². The molecule has 0 bridgehead atoms. The van der Waals surface area contributed by atoms with Crippen LogP contribution in [0.25, 0.3) is 0 Å². The summed E-state index contributed by atoms with van der Waals surface area (Å²) in [6.45, 7) is 0. The van der Waals surface area contributed by atoms with Crippen molar-refractivity contribution in [2.24, 2.45) is 0 Å². The fourth-order valence-corrected chi connectivity index (χ4v) is 5.34. The zero-order valence-corrected chi connectivity index (χ0v) is 14.8. The SMILES string of the molecule is O=S1(=O)CCC(Nc2ccc(NS(=O)(=O)c3ccc(F)cc3)cc2)C1. The molecule has 1 fully saturated rings. The Kier molecular flexibility index (Phi) is 4.70. The first-order valence-corrected chi connectivity index (χ1v) is 10.9. The third-order valence-corrected chi connectivity index (χ3v) is 7.03. The Morgan fingerprint density at radius 3 is 2.12 bits per heavy atom. The molecule has 0 aliphatic carbocycles. The summed E-state index contributed by atoms with van der Waals surface area (Å²) in [5.41, 5.74) is 1.07. The van der Waals surface area contributed by atoms with Crippen LogP contribution in [0.2, 0.25) is 0 Å². The molecule has 1 aliphatic heterocycles. The van der Waals surface area contributed by atoms with Crippen LogP contribution in [0.4, 0.5) is 15.8 Å². The molecule has 0 radical (unpaired) electrons. The summed E-state index contributed by atoms with van der Waals surface area (Å²) in [5.74, 6) is -0.227. The number of hydrogen-bond acceptors (Lipinski definition) is 5. The summed E-state index contributed by atoms with van der Waals surface area (Å²) in [6.07, 6.45) is 0.557. The number of sulfonamides is 1. The predicted molar refractivity (Wildman–Crippen MR) is 94.3 cm³/mol. The van der Waals surface area contributed by atoms with E-state index in [0.29, 0.717) is 17.8 Å². The zero-order chi connectivity index (χ0) is 18.1. The van der Waals surface area contributed by atoms with E-state index in [2.05, 4.69) is 10.0 Å². The van der Waals surface area contributed by atoms with Gasteiger partial charge < -0.3 is 5.32 Å². The van der Waals surface area contributed by atoms with E-state index in [0.717, 1.165) is 12.1 Å². The smallest absolute Gasteiger partial charge is 0.261 e. The van der Waals surface area contributed by atoms with Crippen LogP contribution < -0.4 is 10.0 Å². The average Bonchev–Trinajstić information content (AvgIpc) is 2.88. The number of nitrogens with one attached hydrogen (secondary N) is 2. The molecule has 0 aromatic heterocycles. The van der Waals surface area contributed by atoms with Gasteiger partial charge in [0.25, 0.3) is 10.0 Å². The molecule has 3 rings (SSSR count). The number of halogens is 1. The summed E-state index contributed by atoms with van der Waals surface area (Å²) in [6, 6.07) is 10.9. The standard InChI is InChI=1S/C16H17FN2O4S2/c17-12-1-7-16(8-2-12)25(22,23)19-14-5-3-13(4-6-14)18-15-9-10-24(20,21)11-15/h1-8,15,18-19H,9-11H2. The van der Waals surface area contributed by atoms with Gasteiger partial charge in [0.05, 0.1) is 16.4 Å². The highest BCUT2D eigenvalue weighted by molar-refractivity contribution is 7.92. The van der Waals surface area contributed by atoms with Gasteiger partial charge in [-0.05, 0) is 55.0 Å². The molecule has 1 heterocycles. The van der Waals surface area contributed by atoms with Crippen molar-refractivity contribution in [2.75, 3.05) is 21.5 Å². The summed E-state index contributed by atoms with van der Waals surface area (Å²) >= 11 is 0. The van der Waals surface area contributed by atoms with Gasteiger partial charge in [-0.3, -0.25) is 4.72 Å². The molecule has 0 saturated carbocycles. The fraction of sp³-hybridized carbons (Fsp3) is 0.250. The van der Waals surface area contributed by atoms with Crippen LogP contribution >= 0.6 is 0 Å². The van der Waals surface area contributed by atoms with Crippen molar-refractivity contribution in [1.82, 2.24) is 0 Å². The largest absolute Gasteiger partial charge is 0.381 e. The molecular formula is C16H17FN2O4S2. The Hall–Kier alpha value is -2.13. The Morgan fingerprint density at radius 1 is 0.960 bits per heavy atom. The Bertz CT molecular complexity index is 956. The normalized spacial score (nSPS) is 19.5. The zero-order valence-electron chi connectivity index (χ0n) is 13.1. The second-order valence-electron chi connectivity index (χ2n) is 5.88. The second kappa shape index (κ2) is 6.64. The van der Waals surface area contributed by atoms with Gasteiger partial charge in [-0.1, -0.05) is 0 Å². The van der Waals surface area contributed by atoms with Gasteiger partial charge >= 0.3 is 0 Å². The highest BCUT2D eigenvalue weighted by Gasteiger charge is 2.27. The summed E-state index contributed by atoms with van der Waals surface area (Å²) < 4.78 is 62.7. The first-order chi connectivity index (χ1) is 11.7. The van der Waals surface area contributed by atoms with Crippen LogP contribution in [-0.4, -0.2) is 34.4 Å². The Balaban J connectivity index is 1.67.